The van der Waals surface area contributed by atoms with Crippen LogP contribution in [0.5, 0.6) is 17.2 Å². The van der Waals surface area contributed by atoms with Crippen LogP contribution in [0.2, 0.25) is 0 Å². The molecule has 0 aliphatic rings. The van der Waals surface area contributed by atoms with Gasteiger partial charge in [-0.05, 0) is 62.9 Å². The lowest BCUT2D eigenvalue weighted by atomic mass is 9.90. The Morgan fingerprint density at radius 1 is 0.821 bits per heavy atom. The van der Waals surface area contributed by atoms with Crippen molar-refractivity contribution in [2.45, 2.75) is 52.9 Å². The lowest BCUT2D eigenvalue weighted by Crippen LogP contribution is -2.18. The molecular formula is C29H33N5O4S. The highest BCUT2D eigenvalue weighted by molar-refractivity contribution is 7.92. The monoisotopic (exact) mass is 547 g/mol. The van der Waals surface area contributed by atoms with Crippen LogP contribution in [0.1, 0.15) is 43.4 Å². The molecule has 0 bridgehead atoms. The normalized spacial score (nSPS) is 11.8. The quantitative estimate of drug-likeness (QED) is 0.283. The molecule has 0 fully saturated rings. The number of nitrogens with zero attached hydrogens (tertiary/aromatic N) is 4. The maximum Gasteiger partial charge on any atom is 0.263 e. The molecule has 0 aliphatic carbocycles. The summed E-state index contributed by atoms with van der Waals surface area (Å²) in [6, 6.07) is 15.5. The molecule has 2 aromatic heterocycles. The van der Waals surface area contributed by atoms with Gasteiger partial charge in [-0.2, -0.15) is 0 Å². The number of nitrogens with one attached hydrogen (secondary N) is 1. The maximum absolute atomic E-state index is 13.5. The van der Waals surface area contributed by atoms with E-state index < -0.39 is 10.0 Å². The Morgan fingerprint density at radius 2 is 1.41 bits per heavy atom. The van der Waals surface area contributed by atoms with E-state index in [9.17, 15) is 8.42 Å². The lowest BCUT2D eigenvalue weighted by molar-refractivity contribution is 0.367. The van der Waals surface area contributed by atoms with Crippen LogP contribution in [-0.2, 0) is 16.4 Å². The molecule has 0 radical (unpaired) electrons. The minimum Gasteiger partial charge on any atom is -0.493 e. The van der Waals surface area contributed by atoms with E-state index in [0.29, 0.717) is 29.4 Å². The molecule has 9 nitrogen and oxygen atoms in total. The third-order valence-corrected chi connectivity index (χ3v) is 7.01. The van der Waals surface area contributed by atoms with E-state index in [2.05, 4.69) is 40.4 Å². The maximum atomic E-state index is 13.5. The molecule has 4 rings (SSSR count). The summed E-state index contributed by atoms with van der Waals surface area (Å²) in [4.78, 5) is 18.5. The standard InChI is InChI=1S/C29H33N5O4S/c1-18-12-14-21(15-13-18)39(35,36)34-26-25(38-24-11-9-8-10-23(24)37-7)22(17-29(4,5)6)32-28(33-26)27-30-19(2)16-20(3)31-27/h8-16H,17H2,1-7H3,(H,32,33,34). The van der Waals surface area contributed by atoms with Crippen molar-refractivity contribution in [1.82, 2.24) is 19.9 Å². The van der Waals surface area contributed by atoms with Gasteiger partial charge >= 0.3 is 0 Å². The van der Waals surface area contributed by atoms with Crippen LogP contribution in [0.25, 0.3) is 11.6 Å². The number of benzene rings is 2. The van der Waals surface area contributed by atoms with Crippen molar-refractivity contribution >= 4 is 15.8 Å². The number of aromatic nitrogens is 4. The van der Waals surface area contributed by atoms with Crippen LogP contribution in [0.4, 0.5) is 5.82 Å². The largest absolute Gasteiger partial charge is 0.493 e. The van der Waals surface area contributed by atoms with Gasteiger partial charge in [-0.3, -0.25) is 4.72 Å². The van der Waals surface area contributed by atoms with Crippen LogP contribution in [0.3, 0.4) is 0 Å². The third kappa shape index (κ3) is 6.88. The summed E-state index contributed by atoms with van der Waals surface area (Å²) in [6.45, 7) is 11.8. The van der Waals surface area contributed by atoms with Gasteiger partial charge in [0.15, 0.2) is 34.7 Å². The molecule has 0 amide bonds. The number of methoxy groups -OCH3 is 1. The van der Waals surface area contributed by atoms with Crippen LogP contribution in [-0.4, -0.2) is 35.5 Å². The number of anilines is 1. The number of sulfonamides is 1. The van der Waals surface area contributed by atoms with Crippen molar-refractivity contribution < 1.29 is 17.9 Å². The minimum atomic E-state index is -4.03. The van der Waals surface area contributed by atoms with Gasteiger partial charge in [0, 0.05) is 11.4 Å². The summed E-state index contributed by atoms with van der Waals surface area (Å²) < 4.78 is 41.5. The molecule has 0 spiro atoms. The zero-order valence-corrected chi connectivity index (χ0v) is 24.0. The van der Waals surface area contributed by atoms with Gasteiger partial charge in [0.1, 0.15) is 0 Å². The summed E-state index contributed by atoms with van der Waals surface area (Å²) in [7, 11) is -2.49. The summed E-state index contributed by atoms with van der Waals surface area (Å²) >= 11 is 0. The Morgan fingerprint density at radius 3 is 2.00 bits per heavy atom. The van der Waals surface area contributed by atoms with E-state index in [4.69, 9.17) is 14.5 Å². The summed E-state index contributed by atoms with van der Waals surface area (Å²) in [5.74, 6) is 1.52. The molecule has 4 aromatic rings. The highest BCUT2D eigenvalue weighted by Crippen LogP contribution is 2.39. The van der Waals surface area contributed by atoms with Gasteiger partial charge < -0.3 is 9.47 Å². The van der Waals surface area contributed by atoms with E-state index >= 15 is 0 Å². The van der Waals surface area contributed by atoms with Crippen LogP contribution < -0.4 is 14.2 Å². The number of hydrogen-bond acceptors (Lipinski definition) is 8. The molecule has 0 saturated heterocycles. The average Bonchev–Trinajstić information content (AvgIpc) is 2.84. The molecule has 0 aliphatic heterocycles. The Balaban J connectivity index is 1.96. The smallest absolute Gasteiger partial charge is 0.263 e. The van der Waals surface area contributed by atoms with Crippen LogP contribution >= 0.6 is 0 Å². The molecule has 0 atom stereocenters. The second kappa shape index (κ2) is 11.0. The molecule has 2 heterocycles. The fraction of sp³-hybridized carbons (Fsp3) is 0.310. The van der Waals surface area contributed by atoms with Crippen LogP contribution in [0, 0.1) is 26.2 Å². The first-order valence-corrected chi connectivity index (χ1v) is 14.0. The van der Waals surface area contributed by atoms with Crippen molar-refractivity contribution in [1.29, 1.82) is 0 Å². The van der Waals surface area contributed by atoms with Crippen LogP contribution in [0.15, 0.2) is 59.5 Å². The van der Waals surface area contributed by atoms with Crippen molar-refractivity contribution in [2.75, 3.05) is 11.8 Å². The second-order valence-electron chi connectivity index (χ2n) is 10.6. The first kappa shape index (κ1) is 28.0. The highest BCUT2D eigenvalue weighted by atomic mass is 32.2. The van der Waals surface area contributed by atoms with Gasteiger partial charge in [0.2, 0.25) is 0 Å². The van der Waals surface area contributed by atoms with Crippen molar-refractivity contribution in [3.63, 3.8) is 0 Å². The molecule has 39 heavy (non-hydrogen) atoms. The molecule has 2 aromatic carbocycles. The SMILES string of the molecule is COc1ccccc1Oc1c(CC(C)(C)C)nc(-c2nc(C)cc(C)n2)nc1NS(=O)(=O)c1ccc(C)cc1. The van der Waals surface area contributed by atoms with E-state index in [-0.39, 0.29) is 27.7 Å². The van der Waals surface area contributed by atoms with Crippen molar-refractivity contribution in [3.05, 3.63) is 77.2 Å². The topological polar surface area (TPSA) is 116 Å². The molecule has 1 N–H and O–H groups in total. The molecule has 204 valence electrons. The van der Waals surface area contributed by atoms with Gasteiger partial charge in [-0.25, -0.2) is 28.4 Å². The summed E-state index contributed by atoms with van der Waals surface area (Å²) in [6.07, 6.45) is 0.455. The van der Waals surface area contributed by atoms with E-state index in [0.717, 1.165) is 17.0 Å². The van der Waals surface area contributed by atoms with Gasteiger partial charge in [-0.15, -0.1) is 0 Å². The molecular weight excluding hydrogens is 514 g/mol. The van der Waals surface area contributed by atoms with E-state index in [1.807, 2.05) is 32.9 Å². The van der Waals surface area contributed by atoms with Gasteiger partial charge in [0.05, 0.1) is 17.7 Å². The Hall–Kier alpha value is -4.05. The average molecular weight is 548 g/mol. The fourth-order valence-corrected chi connectivity index (χ4v) is 4.94. The number of ether oxygens (including phenoxy) is 2. The lowest BCUT2D eigenvalue weighted by Gasteiger charge is -2.22. The number of para-hydroxylation sites is 2. The summed E-state index contributed by atoms with van der Waals surface area (Å²) in [5, 5.41) is 0. The van der Waals surface area contributed by atoms with E-state index in [1.165, 1.54) is 7.11 Å². The zero-order chi connectivity index (χ0) is 28.4. The van der Waals surface area contributed by atoms with Gasteiger partial charge in [-0.1, -0.05) is 50.6 Å². The van der Waals surface area contributed by atoms with E-state index in [1.54, 1.807) is 42.5 Å². The fourth-order valence-electron chi connectivity index (χ4n) is 3.94. The first-order valence-electron chi connectivity index (χ1n) is 12.5. The number of hydrogen-bond donors (Lipinski definition) is 1. The second-order valence-corrected chi connectivity index (χ2v) is 12.2. The first-order chi connectivity index (χ1) is 18.3. The zero-order valence-electron chi connectivity index (χ0n) is 23.2. The minimum absolute atomic E-state index is 0.0199. The highest BCUT2D eigenvalue weighted by Gasteiger charge is 2.27. The predicted octanol–water partition coefficient (Wildman–Crippen LogP) is 6.05. The van der Waals surface area contributed by atoms with Gasteiger partial charge in [0.25, 0.3) is 10.0 Å². The molecule has 0 saturated carbocycles. The Kier molecular flexibility index (Phi) is 7.87. The number of aryl methyl sites for hydroxylation is 3. The molecule has 0 unspecified atom stereocenters. The predicted molar refractivity (Wildman–Crippen MR) is 151 cm³/mol. The Labute approximate surface area is 229 Å². The summed E-state index contributed by atoms with van der Waals surface area (Å²) in [5.41, 5.74) is 2.71. The van der Waals surface area contributed by atoms with Crippen molar-refractivity contribution in [2.24, 2.45) is 5.41 Å². The third-order valence-electron chi connectivity index (χ3n) is 5.66. The van der Waals surface area contributed by atoms with Crippen molar-refractivity contribution in [3.8, 4) is 28.9 Å². The Bertz CT molecular complexity index is 1580. The molecule has 10 heteroatoms. The number of rotatable bonds is 8.